The highest BCUT2D eigenvalue weighted by Crippen LogP contribution is 2.12. The van der Waals surface area contributed by atoms with E-state index in [0.717, 1.165) is 0 Å². The second-order valence-corrected chi connectivity index (χ2v) is 5.74. The van der Waals surface area contributed by atoms with Crippen LogP contribution in [0.5, 0.6) is 0 Å². The van der Waals surface area contributed by atoms with Crippen LogP contribution in [-0.4, -0.2) is 6.54 Å². The van der Waals surface area contributed by atoms with Gasteiger partial charge in [0.25, 0.3) is 0 Å². The van der Waals surface area contributed by atoms with Crippen molar-refractivity contribution in [3.8, 4) is 0 Å². The number of allylic oxidation sites excluding steroid dienone is 1. The van der Waals surface area contributed by atoms with Crippen LogP contribution in [0, 0.1) is 0 Å². The van der Waals surface area contributed by atoms with Crippen LogP contribution in [0.2, 0.25) is 0 Å². The zero-order valence-corrected chi connectivity index (χ0v) is 14.6. The molecule has 0 aromatic carbocycles. The second-order valence-electron chi connectivity index (χ2n) is 5.74. The summed E-state index contributed by atoms with van der Waals surface area (Å²) in [5.74, 6) is 0. The van der Waals surface area contributed by atoms with E-state index < -0.39 is 0 Å². The minimum Gasteiger partial charge on any atom is -0.327 e. The minimum atomic E-state index is 0. The van der Waals surface area contributed by atoms with E-state index in [9.17, 15) is 0 Å². The van der Waals surface area contributed by atoms with Crippen LogP contribution < -0.4 is 5.73 Å². The molecule has 20 heavy (non-hydrogen) atoms. The van der Waals surface area contributed by atoms with Gasteiger partial charge in [-0.05, 0) is 12.8 Å². The van der Waals surface area contributed by atoms with E-state index in [2.05, 4.69) is 19.1 Å². The van der Waals surface area contributed by atoms with Gasteiger partial charge >= 0.3 is 0 Å². The van der Waals surface area contributed by atoms with Crippen molar-refractivity contribution >= 4 is 12.4 Å². The standard InChI is InChI=1S/C18H37N.ClH/c1-2-3-4-5-6-7-8-9-10-11-12-13-14-15-16-17-18-19;/h16-17H,2-15,18-19H2,1H3;1H. The largest absolute Gasteiger partial charge is 0.327 e. The summed E-state index contributed by atoms with van der Waals surface area (Å²) in [4.78, 5) is 0. The molecule has 0 atom stereocenters. The van der Waals surface area contributed by atoms with Crippen molar-refractivity contribution in [3.05, 3.63) is 12.2 Å². The third kappa shape index (κ3) is 20.3. The number of unbranched alkanes of at least 4 members (excludes halogenated alkanes) is 13. The van der Waals surface area contributed by atoms with Crippen LogP contribution in [-0.2, 0) is 0 Å². The van der Waals surface area contributed by atoms with E-state index >= 15 is 0 Å². The monoisotopic (exact) mass is 303 g/mol. The highest BCUT2D eigenvalue weighted by atomic mass is 35.5. The van der Waals surface area contributed by atoms with Crippen LogP contribution in [0.3, 0.4) is 0 Å². The Balaban J connectivity index is 0. The topological polar surface area (TPSA) is 26.0 Å². The summed E-state index contributed by atoms with van der Waals surface area (Å²) in [6, 6.07) is 0. The molecule has 0 aromatic rings. The first-order chi connectivity index (χ1) is 9.41. The first kappa shape index (κ1) is 22.3. The van der Waals surface area contributed by atoms with Crippen molar-refractivity contribution in [2.24, 2.45) is 5.73 Å². The fourth-order valence-corrected chi connectivity index (χ4v) is 2.49. The fraction of sp³-hybridized carbons (Fsp3) is 0.889. The molecule has 122 valence electrons. The van der Waals surface area contributed by atoms with Gasteiger partial charge in [0.05, 0.1) is 0 Å². The van der Waals surface area contributed by atoms with Crippen LogP contribution >= 0.6 is 12.4 Å². The molecule has 0 saturated carbocycles. The van der Waals surface area contributed by atoms with Gasteiger partial charge in [0.1, 0.15) is 0 Å². The predicted octanol–water partition coefficient (Wildman–Crippen LogP) is 6.40. The molecule has 0 aliphatic rings. The Morgan fingerprint density at radius 1 is 0.600 bits per heavy atom. The lowest BCUT2D eigenvalue weighted by molar-refractivity contribution is 0.540. The summed E-state index contributed by atoms with van der Waals surface area (Å²) in [5.41, 5.74) is 5.40. The lowest BCUT2D eigenvalue weighted by atomic mass is 10.0. The predicted molar refractivity (Wildman–Crippen MR) is 95.8 cm³/mol. The Morgan fingerprint density at radius 2 is 1.00 bits per heavy atom. The van der Waals surface area contributed by atoms with Gasteiger partial charge in [-0.3, -0.25) is 0 Å². The van der Waals surface area contributed by atoms with E-state index in [1.165, 1.54) is 89.9 Å². The minimum absolute atomic E-state index is 0. The van der Waals surface area contributed by atoms with Crippen LogP contribution in [0.15, 0.2) is 12.2 Å². The number of nitrogens with two attached hydrogens (primary N) is 1. The second kappa shape index (κ2) is 21.3. The van der Waals surface area contributed by atoms with E-state index in [4.69, 9.17) is 5.73 Å². The van der Waals surface area contributed by atoms with Gasteiger partial charge in [0, 0.05) is 6.54 Å². The van der Waals surface area contributed by atoms with E-state index in [0.29, 0.717) is 6.54 Å². The average Bonchev–Trinajstić information content (AvgIpc) is 2.43. The Bertz CT molecular complexity index is 180. The van der Waals surface area contributed by atoms with Gasteiger partial charge in [-0.15, -0.1) is 12.4 Å². The summed E-state index contributed by atoms with van der Waals surface area (Å²) < 4.78 is 0. The Labute approximate surface area is 134 Å². The summed E-state index contributed by atoms with van der Waals surface area (Å²) in [5, 5.41) is 0. The van der Waals surface area contributed by atoms with Gasteiger partial charge in [-0.1, -0.05) is 96.1 Å². The SMILES string of the molecule is CCCCCCCCCCCCCCCC=CCN.Cl. The molecule has 0 rings (SSSR count). The molecule has 0 spiro atoms. The summed E-state index contributed by atoms with van der Waals surface area (Å²) >= 11 is 0. The third-order valence-corrected chi connectivity index (χ3v) is 3.78. The molecule has 2 heteroatoms. The molecule has 0 heterocycles. The molecule has 0 radical (unpaired) electrons. The molecular weight excluding hydrogens is 266 g/mol. The highest BCUT2D eigenvalue weighted by Gasteiger charge is 1.93. The Morgan fingerprint density at radius 3 is 1.40 bits per heavy atom. The van der Waals surface area contributed by atoms with Crippen LogP contribution in [0.4, 0.5) is 0 Å². The van der Waals surface area contributed by atoms with E-state index in [-0.39, 0.29) is 12.4 Å². The van der Waals surface area contributed by atoms with Crippen molar-refractivity contribution < 1.29 is 0 Å². The molecule has 0 bridgehead atoms. The van der Waals surface area contributed by atoms with E-state index in [1.807, 2.05) is 0 Å². The molecule has 0 amide bonds. The third-order valence-electron chi connectivity index (χ3n) is 3.78. The molecule has 0 aromatic heterocycles. The van der Waals surface area contributed by atoms with Crippen molar-refractivity contribution in [3.63, 3.8) is 0 Å². The molecule has 0 fully saturated rings. The quantitative estimate of drug-likeness (QED) is 0.275. The zero-order valence-electron chi connectivity index (χ0n) is 13.7. The van der Waals surface area contributed by atoms with Gasteiger partial charge in [-0.25, -0.2) is 0 Å². The van der Waals surface area contributed by atoms with Crippen molar-refractivity contribution in [1.29, 1.82) is 0 Å². The summed E-state index contributed by atoms with van der Waals surface area (Å²) in [7, 11) is 0. The number of halogens is 1. The van der Waals surface area contributed by atoms with E-state index in [1.54, 1.807) is 0 Å². The molecule has 0 unspecified atom stereocenters. The maximum absolute atomic E-state index is 5.40. The van der Waals surface area contributed by atoms with Crippen molar-refractivity contribution in [2.45, 2.75) is 96.8 Å². The summed E-state index contributed by atoms with van der Waals surface area (Å²) in [6.45, 7) is 2.98. The highest BCUT2D eigenvalue weighted by molar-refractivity contribution is 5.85. The fourth-order valence-electron chi connectivity index (χ4n) is 2.49. The maximum atomic E-state index is 5.40. The van der Waals surface area contributed by atoms with Gasteiger partial charge in [0.2, 0.25) is 0 Å². The lowest BCUT2D eigenvalue weighted by Gasteiger charge is -2.02. The normalized spacial score (nSPS) is 10.9. The molecule has 0 aliphatic carbocycles. The summed E-state index contributed by atoms with van der Waals surface area (Å²) in [6.07, 6.45) is 24.1. The number of hydrogen-bond acceptors (Lipinski definition) is 1. The average molecular weight is 304 g/mol. The first-order valence-corrected chi connectivity index (χ1v) is 8.77. The van der Waals surface area contributed by atoms with Crippen molar-refractivity contribution in [2.75, 3.05) is 6.54 Å². The molecule has 0 saturated heterocycles. The number of rotatable bonds is 15. The first-order valence-electron chi connectivity index (χ1n) is 8.77. The van der Waals surface area contributed by atoms with Crippen LogP contribution in [0.1, 0.15) is 96.8 Å². The van der Waals surface area contributed by atoms with Gasteiger partial charge < -0.3 is 5.73 Å². The maximum Gasteiger partial charge on any atom is 0.0106 e. The Kier molecular flexibility index (Phi) is 23.7. The Hall–Kier alpha value is -0.0100. The molecule has 1 nitrogen and oxygen atoms in total. The molecule has 2 N–H and O–H groups in total. The number of hydrogen-bond donors (Lipinski definition) is 1. The molecule has 0 aliphatic heterocycles. The molecular formula is C18H38ClN. The lowest BCUT2D eigenvalue weighted by Crippen LogP contribution is -1.91. The smallest absolute Gasteiger partial charge is 0.0106 e. The van der Waals surface area contributed by atoms with Crippen molar-refractivity contribution in [1.82, 2.24) is 0 Å². The zero-order chi connectivity index (χ0) is 14.0. The van der Waals surface area contributed by atoms with Gasteiger partial charge in [0.15, 0.2) is 0 Å². The van der Waals surface area contributed by atoms with Gasteiger partial charge in [-0.2, -0.15) is 0 Å². The van der Waals surface area contributed by atoms with Crippen LogP contribution in [0.25, 0.3) is 0 Å².